The minimum atomic E-state index is -0.539. The number of hydrogen-bond donors (Lipinski definition) is 1. The van der Waals surface area contributed by atoms with Gasteiger partial charge in [0.15, 0.2) is 0 Å². The maximum absolute atomic E-state index is 13.6. The summed E-state index contributed by atoms with van der Waals surface area (Å²) in [6.45, 7) is 0. The molecule has 0 spiro atoms. The molecule has 2 heterocycles. The first-order chi connectivity index (χ1) is 13.6. The lowest BCUT2D eigenvalue weighted by atomic mass is 10.2. The van der Waals surface area contributed by atoms with Crippen LogP contribution in [0.2, 0.25) is 0 Å². The molecule has 0 radical (unpaired) electrons. The first kappa shape index (κ1) is 17.6. The lowest BCUT2D eigenvalue weighted by Gasteiger charge is -2.15. The van der Waals surface area contributed by atoms with Gasteiger partial charge in [-0.25, -0.2) is 9.29 Å². The summed E-state index contributed by atoms with van der Waals surface area (Å²) in [7, 11) is 0. The van der Waals surface area contributed by atoms with Gasteiger partial charge in [-0.05, 0) is 53.9 Å². The van der Waals surface area contributed by atoms with Crippen molar-refractivity contribution in [1.29, 1.82) is 5.26 Å². The third-order valence-corrected chi connectivity index (χ3v) is 5.09. The number of anilines is 2. The molecule has 1 aromatic heterocycles. The molecule has 0 saturated carbocycles. The Morgan fingerprint density at radius 3 is 2.43 bits per heavy atom. The van der Waals surface area contributed by atoms with Gasteiger partial charge in [0.1, 0.15) is 11.5 Å². The molecule has 1 N–H and O–H groups in total. The van der Waals surface area contributed by atoms with E-state index >= 15 is 0 Å². The van der Waals surface area contributed by atoms with Crippen molar-refractivity contribution in [3.8, 4) is 6.07 Å². The van der Waals surface area contributed by atoms with Gasteiger partial charge in [0.05, 0.1) is 22.9 Å². The molecule has 5 nitrogen and oxygen atoms in total. The number of imide groups is 1. The molecule has 4 rings (SSSR count). The molecular formula is C21H12FN3O2S. The van der Waals surface area contributed by atoms with E-state index in [-0.39, 0.29) is 11.3 Å². The van der Waals surface area contributed by atoms with E-state index in [1.54, 1.807) is 42.5 Å². The molecule has 136 valence electrons. The van der Waals surface area contributed by atoms with E-state index in [1.807, 2.05) is 11.4 Å². The summed E-state index contributed by atoms with van der Waals surface area (Å²) >= 11 is 1.33. The fraction of sp³-hybridized carbons (Fsp3) is 0. The summed E-state index contributed by atoms with van der Waals surface area (Å²) in [6, 6.07) is 17.4. The summed E-state index contributed by atoms with van der Waals surface area (Å²) in [5.74, 6) is -1.47. The summed E-state index contributed by atoms with van der Waals surface area (Å²) in [5.41, 5.74) is 1.47. The highest BCUT2D eigenvalue weighted by Gasteiger charge is 2.40. The van der Waals surface area contributed by atoms with Crippen molar-refractivity contribution in [3.63, 3.8) is 0 Å². The van der Waals surface area contributed by atoms with Crippen LogP contribution in [0, 0.1) is 17.1 Å². The number of hydrogen-bond acceptors (Lipinski definition) is 5. The Hall–Kier alpha value is -3.76. The van der Waals surface area contributed by atoms with Gasteiger partial charge in [0.2, 0.25) is 0 Å². The SMILES string of the molecule is N#Cc1ccc(N2C(=O)C(Nc3cccc(F)c3)=C(c3cccs3)C2=O)cc1. The van der Waals surface area contributed by atoms with Gasteiger partial charge in [-0.3, -0.25) is 9.59 Å². The number of carbonyl (C=O) groups is 2. The zero-order valence-electron chi connectivity index (χ0n) is 14.3. The van der Waals surface area contributed by atoms with E-state index in [2.05, 4.69) is 5.32 Å². The fourth-order valence-electron chi connectivity index (χ4n) is 2.93. The van der Waals surface area contributed by atoms with Gasteiger partial charge in [-0.2, -0.15) is 5.26 Å². The Balaban J connectivity index is 1.78. The zero-order chi connectivity index (χ0) is 19.7. The van der Waals surface area contributed by atoms with Crippen molar-refractivity contribution in [2.45, 2.75) is 0 Å². The van der Waals surface area contributed by atoms with E-state index in [9.17, 15) is 14.0 Å². The maximum Gasteiger partial charge on any atom is 0.282 e. The molecule has 0 aliphatic carbocycles. The first-order valence-electron chi connectivity index (χ1n) is 8.28. The number of nitriles is 1. The molecule has 0 unspecified atom stereocenters. The average Bonchev–Trinajstić information content (AvgIpc) is 3.29. The minimum Gasteiger partial charge on any atom is -0.350 e. The highest BCUT2D eigenvalue weighted by Crippen LogP contribution is 2.35. The zero-order valence-corrected chi connectivity index (χ0v) is 15.2. The number of nitrogens with one attached hydrogen (secondary N) is 1. The number of thiophene rings is 1. The standard InChI is InChI=1S/C21H12FN3O2S/c22-14-3-1-4-15(11-14)24-19-18(17-5-2-10-28-17)20(26)25(21(19)27)16-8-6-13(12-23)7-9-16/h1-11,24H. The van der Waals surface area contributed by atoms with Crippen LogP contribution in [0.3, 0.4) is 0 Å². The van der Waals surface area contributed by atoms with Crippen molar-refractivity contribution in [2.75, 3.05) is 10.2 Å². The first-order valence-corrected chi connectivity index (χ1v) is 9.16. The Morgan fingerprint density at radius 2 is 1.79 bits per heavy atom. The lowest BCUT2D eigenvalue weighted by Crippen LogP contribution is -2.32. The van der Waals surface area contributed by atoms with Crippen LogP contribution < -0.4 is 10.2 Å². The summed E-state index contributed by atoms with van der Waals surface area (Å²) in [5, 5.41) is 13.7. The number of amides is 2. The molecule has 2 amide bonds. The van der Waals surface area contributed by atoms with E-state index in [0.29, 0.717) is 21.8 Å². The molecule has 7 heteroatoms. The monoisotopic (exact) mass is 389 g/mol. The third-order valence-electron chi connectivity index (χ3n) is 4.20. The van der Waals surface area contributed by atoms with Crippen molar-refractivity contribution >= 4 is 40.1 Å². The second kappa shape index (κ2) is 7.10. The average molecular weight is 389 g/mol. The number of carbonyl (C=O) groups excluding carboxylic acids is 2. The van der Waals surface area contributed by atoms with Crippen molar-refractivity contribution in [2.24, 2.45) is 0 Å². The van der Waals surface area contributed by atoms with E-state index in [1.165, 1.54) is 29.5 Å². The van der Waals surface area contributed by atoms with E-state index in [4.69, 9.17) is 5.26 Å². The Labute approximate surface area is 164 Å². The number of nitrogens with zero attached hydrogens (tertiary/aromatic N) is 2. The molecule has 2 aromatic carbocycles. The largest absolute Gasteiger partial charge is 0.350 e. The lowest BCUT2D eigenvalue weighted by molar-refractivity contribution is -0.120. The number of halogens is 1. The molecule has 1 aliphatic rings. The van der Waals surface area contributed by atoms with Gasteiger partial charge in [0, 0.05) is 10.6 Å². The Morgan fingerprint density at radius 1 is 1.00 bits per heavy atom. The van der Waals surface area contributed by atoms with Crippen LogP contribution in [0.15, 0.2) is 71.7 Å². The van der Waals surface area contributed by atoms with Crippen LogP contribution in [0.25, 0.3) is 5.57 Å². The number of rotatable bonds is 4. The van der Waals surface area contributed by atoms with Crippen molar-refractivity contribution in [3.05, 3.63) is 88.0 Å². The van der Waals surface area contributed by atoms with Crippen LogP contribution in [0.4, 0.5) is 15.8 Å². The van der Waals surface area contributed by atoms with Crippen molar-refractivity contribution in [1.82, 2.24) is 0 Å². The van der Waals surface area contributed by atoms with E-state index < -0.39 is 17.6 Å². The molecule has 3 aromatic rings. The third kappa shape index (κ3) is 3.06. The predicted molar refractivity (Wildman–Crippen MR) is 105 cm³/mol. The second-order valence-electron chi connectivity index (χ2n) is 5.97. The van der Waals surface area contributed by atoms with Crippen molar-refractivity contribution < 1.29 is 14.0 Å². The van der Waals surface area contributed by atoms with E-state index in [0.717, 1.165) is 4.90 Å². The van der Waals surface area contributed by atoms with Gasteiger partial charge in [-0.15, -0.1) is 11.3 Å². The Kier molecular flexibility index (Phi) is 4.47. The molecule has 28 heavy (non-hydrogen) atoms. The normalized spacial score (nSPS) is 13.8. The predicted octanol–water partition coefficient (Wildman–Crippen LogP) is 4.16. The smallest absolute Gasteiger partial charge is 0.282 e. The molecule has 0 atom stereocenters. The van der Waals surface area contributed by atoms with Crippen LogP contribution in [-0.2, 0) is 9.59 Å². The van der Waals surface area contributed by atoms with Crippen LogP contribution in [0.5, 0.6) is 0 Å². The number of benzene rings is 2. The molecular weight excluding hydrogens is 377 g/mol. The van der Waals surface area contributed by atoms with Gasteiger partial charge < -0.3 is 5.32 Å². The molecule has 0 fully saturated rings. The van der Waals surface area contributed by atoms with Gasteiger partial charge >= 0.3 is 0 Å². The second-order valence-corrected chi connectivity index (χ2v) is 6.91. The highest BCUT2D eigenvalue weighted by molar-refractivity contribution is 7.11. The van der Waals surface area contributed by atoms with Gasteiger partial charge in [-0.1, -0.05) is 12.1 Å². The van der Waals surface area contributed by atoms with Crippen LogP contribution in [-0.4, -0.2) is 11.8 Å². The van der Waals surface area contributed by atoms with Crippen LogP contribution in [0.1, 0.15) is 10.4 Å². The summed E-state index contributed by atoms with van der Waals surface area (Å²) < 4.78 is 13.6. The highest BCUT2D eigenvalue weighted by atomic mass is 32.1. The quantitative estimate of drug-likeness (QED) is 0.680. The summed E-state index contributed by atoms with van der Waals surface area (Å²) in [4.78, 5) is 27.9. The summed E-state index contributed by atoms with van der Waals surface area (Å²) in [6.07, 6.45) is 0. The molecule has 1 aliphatic heterocycles. The van der Waals surface area contributed by atoms with Gasteiger partial charge in [0.25, 0.3) is 11.8 Å². The topological polar surface area (TPSA) is 73.2 Å². The molecule has 0 bridgehead atoms. The fourth-order valence-corrected chi connectivity index (χ4v) is 3.69. The molecule has 0 saturated heterocycles. The maximum atomic E-state index is 13.6. The van der Waals surface area contributed by atoms with Crippen LogP contribution >= 0.6 is 11.3 Å². The minimum absolute atomic E-state index is 0.0856. The Bertz CT molecular complexity index is 1150.